The predicted octanol–water partition coefficient (Wildman–Crippen LogP) is 4.09. The number of aromatic nitrogens is 5. The number of nitrogens with zero attached hydrogens (tertiary/aromatic N) is 7. The van der Waals surface area contributed by atoms with Gasteiger partial charge in [-0.25, -0.2) is 9.97 Å². The van der Waals surface area contributed by atoms with Crippen LogP contribution in [0.5, 0.6) is 0 Å². The Kier molecular flexibility index (Phi) is 5.96. The van der Waals surface area contributed by atoms with Gasteiger partial charge in [-0.2, -0.15) is 15.3 Å². The van der Waals surface area contributed by atoms with E-state index in [1.807, 2.05) is 13.2 Å². The van der Waals surface area contributed by atoms with Crippen LogP contribution in [0, 0.1) is 18.3 Å². The zero-order valence-corrected chi connectivity index (χ0v) is 19.7. The van der Waals surface area contributed by atoms with Gasteiger partial charge in [-0.3, -0.25) is 4.68 Å². The molecule has 5 rings (SSSR count). The fraction of sp³-hybridized carbons (Fsp3) is 0.292. The number of aryl methyl sites for hydroxylation is 2. The van der Waals surface area contributed by atoms with Crippen molar-refractivity contribution in [1.29, 1.82) is 5.26 Å². The van der Waals surface area contributed by atoms with E-state index < -0.39 is 0 Å². The van der Waals surface area contributed by atoms with Crippen molar-refractivity contribution in [3.63, 3.8) is 0 Å². The zero-order chi connectivity index (χ0) is 23.7. The quantitative estimate of drug-likeness (QED) is 0.431. The van der Waals surface area contributed by atoms with Crippen molar-refractivity contribution in [2.75, 3.05) is 16.8 Å². The van der Waals surface area contributed by atoms with Crippen LogP contribution in [-0.4, -0.2) is 36.4 Å². The number of rotatable bonds is 6. The van der Waals surface area contributed by atoms with Gasteiger partial charge in [0.2, 0.25) is 5.95 Å². The molecule has 34 heavy (non-hydrogen) atoms. The SMILES string of the molecule is Cc1ccc([C@@H]2CCCN2c2nc(Nc3ncc(C#N)s3)c(CO)c(-c3cnn(C)c3)n2)cc1. The normalized spacial score (nSPS) is 15.5. The number of aliphatic hydroxyl groups is 1. The average Bonchev–Trinajstić information content (AvgIpc) is 3.60. The molecule has 0 aliphatic carbocycles. The maximum atomic E-state index is 10.3. The first-order chi connectivity index (χ1) is 16.6. The maximum Gasteiger partial charge on any atom is 0.228 e. The Morgan fingerprint density at radius 2 is 2.06 bits per heavy atom. The second kappa shape index (κ2) is 9.21. The first-order valence-corrected chi connectivity index (χ1v) is 11.8. The van der Waals surface area contributed by atoms with E-state index in [9.17, 15) is 5.11 Å². The number of nitriles is 1. The number of hydrogen-bond donors (Lipinski definition) is 2. The summed E-state index contributed by atoms with van der Waals surface area (Å²) in [4.78, 5) is 16.8. The van der Waals surface area contributed by atoms with E-state index in [0.717, 1.165) is 24.9 Å². The van der Waals surface area contributed by atoms with Crippen molar-refractivity contribution >= 4 is 28.2 Å². The Morgan fingerprint density at radius 1 is 1.24 bits per heavy atom. The maximum absolute atomic E-state index is 10.3. The lowest BCUT2D eigenvalue weighted by molar-refractivity contribution is 0.282. The lowest BCUT2D eigenvalue weighted by Crippen LogP contribution is -2.25. The van der Waals surface area contributed by atoms with Crippen molar-refractivity contribution in [2.24, 2.45) is 7.05 Å². The first kappa shape index (κ1) is 22.0. The van der Waals surface area contributed by atoms with E-state index in [1.165, 1.54) is 28.7 Å². The van der Waals surface area contributed by atoms with Crippen LogP contribution < -0.4 is 10.2 Å². The van der Waals surface area contributed by atoms with E-state index in [4.69, 9.17) is 15.2 Å². The molecule has 0 amide bonds. The van der Waals surface area contributed by atoms with E-state index in [0.29, 0.717) is 33.0 Å². The lowest BCUT2D eigenvalue weighted by atomic mass is 10.0. The summed E-state index contributed by atoms with van der Waals surface area (Å²) < 4.78 is 1.70. The number of thiazole rings is 1. The van der Waals surface area contributed by atoms with Crippen molar-refractivity contribution in [3.05, 3.63) is 64.4 Å². The fourth-order valence-electron chi connectivity index (χ4n) is 4.26. The summed E-state index contributed by atoms with van der Waals surface area (Å²) in [6.45, 7) is 2.66. The number of aliphatic hydroxyl groups excluding tert-OH is 1. The number of anilines is 3. The lowest BCUT2D eigenvalue weighted by Gasteiger charge is -2.26. The van der Waals surface area contributed by atoms with Crippen LogP contribution in [0.15, 0.2) is 42.9 Å². The highest BCUT2D eigenvalue weighted by Crippen LogP contribution is 2.38. The number of benzene rings is 1. The highest BCUT2D eigenvalue weighted by Gasteiger charge is 2.30. The fourth-order valence-corrected chi connectivity index (χ4v) is 4.87. The van der Waals surface area contributed by atoms with Crippen LogP contribution in [0.2, 0.25) is 0 Å². The molecule has 10 heteroatoms. The van der Waals surface area contributed by atoms with Gasteiger partial charge in [0.05, 0.1) is 30.7 Å². The Hall–Kier alpha value is -3.81. The van der Waals surface area contributed by atoms with Crippen molar-refractivity contribution in [2.45, 2.75) is 32.4 Å². The topological polar surface area (TPSA) is 116 Å². The summed E-state index contributed by atoms with van der Waals surface area (Å²) in [5, 5.41) is 27.5. The highest BCUT2D eigenvalue weighted by atomic mass is 32.1. The molecule has 0 unspecified atom stereocenters. The minimum absolute atomic E-state index is 0.167. The number of hydrogen-bond acceptors (Lipinski definition) is 9. The van der Waals surface area contributed by atoms with Gasteiger partial charge in [-0.15, -0.1) is 0 Å². The van der Waals surface area contributed by atoms with E-state index >= 15 is 0 Å². The third-order valence-corrected chi connectivity index (χ3v) is 6.76. The predicted molar refractivity (Wildman–Crippen MR) is 131 cm³/mol. The molecular weight excluding hydrogens is 448 g/mol. The second-order valence-corrected chi connectivity index (χ2v) is 9.32. The number of nitrogens with one attached hydrogen (secondary N) is 1. The Balaban J connectivity index is 1.61. The van der Waals surface area contributed by atoms with Gasteiger partial charge in [0, 0.05) is 30.9 Å². The van der Waals surface area contributed by atoms with Crippen LogP contribution in [0.4, 0.5) is 16.9 Å². The van der Waals surface area contributed by atoms with Crippen LogP contribution >= 0.6 is 11.3 Å². The van der Waals surface area contributed by atoms with E-state index in [-0.39, 0.29) is 12.6 Å². The van der Waals surface area contributed by atoms with E-state index in [1.54, 1.807) is 10.9 Å². The standard InChI is InChI=1S/C24H24N8OS/c1-15-5-7-16(8-6-15)20-4-3-9-32(20)23-28-21(17-11-27-31(2)13-17)19(14-33)22(29-23)30-24-26-12-18(10-25)34-24/h5-8,11-13,20,33H,3-4,9,14H2,1-2H3,(H,26,28,29,30)/t20-/m0/s1. The summed E-state index contributed by atoms with van der Waals surface area (Å²) in [5.74, 6) is 1.05. The molecule has 1 aromatic carbocycles. The minimum atomic E-state index is -0.259. The third-order valence-electron chi connectivity index (χ3n) is 5.94. The van der Waals surface area contributed by atoms with Crippen molar-refractivity contribution in [1.82, 2.24) is 24.7 Å². The van der Waals surface area contributed by atoms with Crippen LogP contribution in [0.1, 0.15) is 40.5 Å². The first-order valence-electron chi connectivity index (χ1n) is 11.0. The molecule has 172 valence electrons. The summed E-state index contributed by atoms with van der Waals surface area (Å²) in [5.41, 5.74) is 4.42. The summed E-state index contributed by atoms with van der Waals surface area (Å²) >= 11 is 1.23. The highest BCUT2D eigenvalue weighted by molar-refractivity contribution is 7.16. The molecule has 1 saturated heterocycles. The molecule has 4 heterocycles. The monoisotopic (exact) mass is 472 g/mol. The van der Waals surface area contributed by atoms with Crippen LogP contribution in [-0.2, 0) is 13.7 Å². The second-order valence-electron chi connectivity index (χ2n) is 8.29. The molecule has 0 radical (unpaired) electrons. The molecule has 1 aliphatic heterocycles. The van der Waals surface area contributed by atoms with Gasteiger partial charge < -0.3 is 15.3 Å². The van der Waals surface area contributed by atoms with Gasteiger partial charge in [0.15, 0.2) is 5.13 Å². The molecular formula is C24H24N8OS. The largest absolute Gasteiger partial charge is 0.391 e. The molecule has 1 atom stereocenters. The third kappa shape index (κ3) is 4.23. The van der Waals surface area contributed by atoms with Gasteiger partial charge in [-0.1, -0.05) is 41.2 Å². The zero-order valence-electron chi connectivity index (χ0n) is 18.9. The van der Waals surface area contributed by atoms with Crippen molar-refractivity contribution in [3.8, 4) is 17.3 Å². The molecule has 0 spiro atoms. The van der Waals surface area contributed by atoms with Gasteiger partial charge in [0.25, 0.3) is 0 Å². The van der Waals surface area contributed by atoms with Crippen LogP contribution in [0.25, 0.3) is 11.3 Å². The van der Waals surface area contributed by atoms with Crippen molar-refractivity contribution < 1.29 is 5.11 Å². The van der Waals surface area contributed by atoms with Gasteiger partial charge >= 0.3 is 0 Å². The molecule has 1 fully saturated rings. The molecule has 1 aliphatic rings. The Morgan fingerprint density at radius 3 is 2.74 bits per heavy atom. The summed E-state index contributed by atoms with van der Waals surface area (Å²) in [7, 11) is 1.84. The van der Waals surface area contributed by atoms with E-state index in [2.05, 4.69) is 57.6 Å². The average molecular weight is 473 g/mol. The smallest absolute Gasteiger partial charge is 0.228 e. The summed E-state index contributed by atoms with van der Waals surface area (Å²) in [6.07, 6.45) is 7.16. The molecule has 3 aromatic heterocycles. The molecule has 0 saturated carbocycles. The molecule has 0 bridgehead atoms. The van der Waals surface area contributed by atoms with Gasteiger partial charge in [-0.05, 0) is 25.3 Å². The molecule has 4 aromatic rings. The minimum Gasteiger partial charge on any atom is -0.391 e. The van der Waals surface area contributed by atoms with Gasteiger partial charge in [0.1, 0.15) is 16.8 Å². The Bertz CT molecular complexity index is 1350. The Labute approximate surface area is 201 Å². The summed E-state index contributed by atoms with van der Waals surface area (Å²) in [6, 6.07) is 10.9. The van der Waals surface area contributed by atoms with Crippen LogP contribution in [0.3, 0.4) is 0 Å². The molecule has 2 N–H and O–H groups in total. The molecule has 9 nitrogen and oxygen atoms in total.